The molecule has 2 aromatic rings. The van der Waals surface area contributed by atoms with E-state index in [1.807, 2.05) is 0 Å². The minimum atomic E-state index is -0.401. The van der Waals surface area contributed by atoms with Gasteiger partial charge in [0.2, 0.25) is 0 Å². The third kappa shape index (κ3) is 3.52. The van der Waals surface area contributed by atoms with Gasteiger partial charge < -0.3 is 14.6 Å². The maximum absolute atomic E-state index is 11.9. The first kappa shape index (κ1) is 14.0. The molecule has 2 aromatic heterocycles. The molecule has 1 amide bonds. The van der Waals surface area contributed by atoms with Crippen LogP contribution in [0.25, 0.3) is 0 Å². The molecule has 0 saturated carbocycles. The molecule has 0 aliphatic carbocycles. The van der Waals surface area contributed by atoms with Crippen molar-refractivity contribution in [2.75, 3.05) is 12.4 Å². The van der Waals surface area contributed by atoms with E-state index in [1.54, 1.807) is 6.07 Å². The Morgan fingerprint density at radius 2 is 2.37 bits per heavy atom. The molecule has 0 bridgehead atoms. The summed E-state index contributed by atoms with van der Waals surface area (Å²) in [4.78, 5) is 15.8. The van der Waals surface area contributed by atoms with Crippen molar-refractivity contribution < 1.29 is 14.1 Å². The number of rotatable bonds is 4. The second-order valence-corrected chi connectivity index (χ2v) is 4.77. The largest absolute Gasteiger partial charge is 0.377 e. The summed E-state index contributed by atoms with van der Waals surface area (Å²) in [5.74, 6) is 0.0742. The molecule has 0 fully saturated rings. The molecule has 0 atom stereocenters. The minimum Gasteiger partial charge on any atom is -0.377 e. The molecular weight excluding hydrogens is 337 g/mol. The lowest BCUT2D eigenvalue weighted by Crippen LogP contribution is -2.12. The van der Waals surface area contributed by atoms with Gasteiger partial charge in [-0.25, -0.2) is 4.98 Å². The Balaban J connectivity index is 2.09. The Bertz CT molecular complexity index is 603. The van der Waals surface area contributed by atoms with Crippen LogP contribution in [0.5, 0.6) is 0 Å². The number of hydrogen-bond acceptors (Lipinski definition) is 5. The van der Waals surface area contributed by atoms with Crippen LogP contribution in [-0.4, -0.2) is 23.2 Å². The zero-order chi connectivity index (χ0) is 13.8. The first-order valence-corrected chi connectivity index (χ1v) is 6.34. The molecular formula is C11H9BrClN3O3. The molecule has 0 radical (unpaired) electrons. The number of amides is 1. The number of carbonyl (C=O) groups is 1. The number of halogens is 2. The highest BCUT2D eigenvalue weighted by Gasteiger charge is 2.13. The number of nitrogens with one attached hydrogen (secondary N) is 1. The normalized spacial score (nSPS) is 10.5. The molecule has 0 spiro atoms. The number of nitrogens with zero attached hydrogens (tertiary/aromatic N) is 2. The smallest absolute Gasteiger partial charge is 0.277 e. The van der Waals surface area contributed by atoms with Crippen LogP contribution in [0.15, 0.2) is 27.3 Å². The predicted octanol–water partition coefficient (Wildman–Crippen LogP) is 2.88. The summed E-state index contributed by atoms with van der Waals surface area (Å²) in [7, 11) is 1.53. The van der Waals surface area contributed by atoms with Crippen molar-refractivity contribution >= 4 is 39.1 Å². The zero-order valence-electron chi connectivity index (χ0n) is 9.81. The van der Waals surface area contributed by atoms with E-state index in [0.717, 1.165) is 0 Å². The van der Waals surface area contributed by atoms with E-state index in [-0.39, 0.29) is 12.3 Å². The Morgan fingerprint density at radius 3 is 3.05 bits per heavy atom. The van der Waals surface area contributed by atoms with Crippen LogP contribution in [0.4, 0.5) is 5.69 Å². The number of carbonyl (C=O) groups excluding carboxylic acids is 1. The lowest BCUT2D eigenvalue weighted by Gasteiger charge is -2.03. The van der Waals surface area contributed by atoms with E-state index in [4.69, 9.17) is 20.9 Å². The highest BCUT2D eigenvalue weighted by Crippen LogP contribution is 2.23. The van der Waals surface area contributed by atoms with Crippen molar-refractivity contribution in [1.82, 2.24) is 10.1 Å². The average Bonchev–Trinajstić information content (AvgIpc) is 2.83. The van der Waals surface area contributed by atoms with Gasteiger partial charge in [0.05, 0.1) is 16.4 Å². The molecule has 2 rings (SSSR count). The fraction of sp³-hybridized carbons (Fsp3) is 0.182. The summed E-state index contributed by atoms with van der Waals surface area (Å²) < 4.78 is 10.4. The third-order valence-electron chi connectivity index (χ3n) is 2.13. The highest BCUT2D eigenvalue weighted by molar-refractivity contribution is 9.10. The van der Waals surface area contributed by atoms with E-state index >= 15 is 0 Å². The zero-order valence-corrected chi connectivity index (χ0v) is 12.2. The van der Waals surface area contributed by atoms with Crippen molar-refractivity contribution in [1.29, 1.82) is 0 Å². The number of aromatic nitrogens is 2. The lowest BCUT2D eigenvalue weighted by atomic mass is 10.3. The number of anilines is 1. The Labute approximate surface area is 122 Å². The summed E-state index contributed by atoms with van der Waals surface area (Å²) in [6, 6.07) is 3.15. The van der Waals surface area contributed by atoms with Crippen molar-refractivity contribution in [2.45, 2.75) is 6.61 Å². The second-order valence-electron chi connectivity index (χ2n) is 3.56. The number of pyridine rings is 1. The molecule has 0 aromatic carbocycles. The molecule has 0 aliphatic heterocycles. The van der Waals surface area contributed by atoms with Gasteiger partial charge in [0.25, 0.3) is 5.91 Å². The summed E-state index contributed by atoms with van der Waals surface area (Å²) >= 11 is 8.98. The molecule has 0 unspecified atom stereocenters. The van der Waals surface area contributed by atoms with Crippen LogP contribution in [0, 0.1) is 0 Å². The van der Waals surface area contributed by atoms with Gasteiger partial charge in [0.15, 0.2) is 11.5 Å². The standard InChI is InChI=1S/C11H9BrClN3O3/c1-18-5-7-3-9(16-19-7)11(17)15-6-2-8(12)10(13)14-4-6/h2-4H,5H2,1H3,(H,15,17). The Kier molecular flexibility index (Phi) is 4.52. The first-order valence-electron chi connectivity index (χ1n) is 5.17. The van der Waals surface area contributed by atoms with Crippen molar-refractivity contribution in [3.63, 3.8) is 0 Å². The van der Waals surface area contributed by atoms with Crippen LogP contribution in [-0.2, 0) is 11.3 Å². The molecule has 19 heavy (non-hydrogen) atoms. The SMILES string of the molecule is COCc1cc(C(=O)Nc2cnc(Cl)c(Br)c2)no1. The van der Waals surface area contributed by atoms with E-state index in [9.17, 15) is 4.79 Å². The van der Waals surface area contributed by atoms with Gasteiger partial charge in [-0.1, -0.05) is 16.8 Å². The first-order chi connectivity index (χ1) is 9.10. The van der Waals surface area contributed by atoms with Crippen LogP contribution in [0.2, 0.25) is 5.15 Å². The second kappa shape index (κ2) is 6.14. The Hall–Kier alpha value is -1.44. The van der Waals surface area contributed by atoms with Gasteiger partial charge in [-0.15, -0.1) is 0 Å². The average molecular weight is 347 g/mol. The van der Waals surface area contributed by atoms with E-state index < -0.39 is 5.91 Å². The summed E-state index contributed by atoms with van der Waals surface area (Å²) in [6.45, 7) is 0.258. The van der Waals surface area contributed by atoms with Crippen molar-refractivity contribution in [3.05, 3.63) is 39.4 Å². The van der Waals surface area contributed by atoms with Gasteiger partial charge in [0.1, 0.15) is 11.8 Å². The number of ether oxygens (including phenoxy) is 1. The van der Waals surface area contributed by atoms with Gasteiger partial charge in [-0.3, -0.25) is 4.79 Å². The Morgan fingerprint density at radius 1 is 1.58 bits per heavy atom. The molecule has 8 heteroatoms. The van der Waals surface area contributed by atoms with E-state index in [0.29, 0.717) is 21.1 Å². The molecule has 1 N–H and O–H groups in total. The maximum Gasteiger partial charge on any atom is 0.277 e. The molecule has 100 valence electrons. The fourth-order valence-electron chi connectivity index (χ4n) is 1.31. The van der Waals surface area contributed by atoms with E-state index in [2.05, 4.69) is 31.4 Å². The van der Waals surface area contributed by atoms with Gasteiger partial charge >= 0.3 is 0 Å². The topological polar surface area (TPSA) is 77.2 Å². The van der Waals surface area contributed by atoms with Crippen LogP contribution in [0.3, 0.4) is 0 Å². The number of hydrogen-bond donors (Lipinski definition) is 1. The van der Waals surface area contributed by atoms with Crippen molar-refractivity contribution in [3.8, 4) is 0 Å². The predicted molar refractivity (Wildman–Crippen MR) is 72.1 cm³/mol. The molecule has 6 nitrogen and oxygen atoms in total. The van der Waals surface area contributed by atoms with Gasteiger partial charge in [0, 0.05) is 13.2 Å². The van der Waals surface area contributed by atoms with Crippen LogP contribution in [0.1, 0.15) is 16.2 Å². The molecule has 0 saturated heterocycles. The summed E-state index contributed by atoms with van der Waals surface area (Å²) in [5.41, 5.74) is 0.663. The lowest BCUT2D eigenvalue weighted by molar-refractivity contribution is 0.101. The quantitative estimate of drug-likeness (QED) is 0.861. The monoisotopic (exact) mass is 345 g/mol. The molecule has 0 aliphatic rings. The van der Waals surface area contributed by atoms with Crippen LogP contribution >= 0.6 is 27.5 Å². The fourth-order valence-corrected chi connectivity index (χ4v) is 1.77. The van der Waals surface area contributed by atoms with E-state index in [1.165, 1.54) is 19.4 Å². The summed E-state index contributed by atoms with van der Waals surface area (Å²) in [5, 5.41) is 6.60. The van der Waals surface area contributed by atoms with Gasteiger partial charge in [-0.2, -0.15) is 0 Å². The van der Waals surface area contributed by atoms with Crippen LogP contribution < -0.4 is 5.32 Å². The molecule has 2 heterocycles. The highest BCUT2D eigenvalue weighted by atomic mass is 79.9. The van der Waals surface area contributed by atoms with Crippen molar-refractivity contribution in [2.24, 2.45) is 0 Å². The van der Waals surface area contributed by atoms with Gasteiger partial charge in [-0.05, 0) is 22.0 Å². The minimum absolute atomic E-state index is 0.165. The maximum atomic E-state index is 11.9. The number of methoxy groups -OCH3 is 1. The summed E-state index contributed by atoms with van der Waals surface area (Å²) in [6.07, 6.45) is 1.45. The third-order valence-corrected chi connectivity index (χ3v) is 3.27.